The number of amides is 1. The van der Waals surface area contributed by atoms with Crippen molar-refractivity contribution < 1.29 is 19.0 Å². The normalized spacial score (nSPS) is 16.7. The molecule has 22 heavy (non-hydrogen) atoms. The second-order valence-electron chi connectivity index (χ2n) is 4.88. The number of ether oxygens (including phenoxy) is 3. The Morgan fingerprint density at radius 1 is 1.36 bits per heavy atom. The highest BCUT2D eigenvalue weighted by Crippen LogP contribution is 2.28. The number of nitrogens with one attached hydrogen (secondary N) is 2. The van der Waals surface area contributed by atoms with Crippen LogP contribution in [-0.4, -0.2) is 45.9 Å². The van der Waals surface area contributed by atoms with Gasteiger partial charge in [-0.15, -0.1) is 12.4 Å². The smallest absolute Gasteiger partial charge is 0.238 e. The van der Waals surface area contributed by atoms with Gasteiger partial charge in [0.2, 0.25) is 5.91 Å². The van der Waals surface area contributed by atoms with E-state index in [0.29, 0.717) is 23.7 Å². The van der Waals surface area contributed by atoms with E-state index in [-0.39, 0.29) is 31.0 Å². The van der Waals surface area contributed by atoms with E-state index in [1.807, 2.05) is 0 Å². The van der Waals surface area contributed by atoms with Crippen LogP contribution in [0.5, 0.6) is 11.5 Å². The summed E-state index contributed by atoms with van der Waals surface area (Å²) in [4.78, 5) is 11.9. The van der Waals surface area contributed by atoms with Crippen LogP contribution in [0.3, 0.4) is 0 Å². The zero-order chi connectivity index (χ0) is 15.1. The van der Waals surface area contributed by atoms with Gasteiger partial charge in [-0.05, 0) is 25.0 Å². The molecule has 6 nitrogen and oxygen atoms in total. The van der Waals surface area contributed by atoms with Gasteiger partial charge in [0.25, 0.3) is 0 Å². The summed E-state index contributed by atoms with van der Waals surface area (Å²) in [6.45, 7) is 1.77. The number of carbonyl (C=O) groups excluding carboxylic acids is 1. The molecule has 1 saturated heterocycles. The van der Waals surface area contributed by atoms with Gasteiger partial charge in [0.05, 0.1) is 32.6 Å². The molecule has 0 radical (unpaired) electrons. The molecule has 2 N–H and O–H groups in total. The summed E-state index contributed by atoms with van der Waals surface area (Å²) < 4.78 is 15.8. The van der Waals surface area contributed by atoms with Crippen LogP contribution in [-0.2, 0) is 9.53 Å². The number of rotatable bonds is 7. The molecule has 1 heterocycles. The first-order chi connectivity index (χ1) is 10.2. The SMILES string of the molecule is COc1ccc(NC(=O)CNCC2CCCO2)c(OC)c1.Cl. The fraction of sp³-hybridized carbons (Fsp3) is 0.533. The average Bonchev–Trinajstić information content (AvgIpc) is 3.01. The quantitative estimate of drug-likeness (QED) is 0.798. The second-order valence-corrected chi connectivity index (χ2v) is 4.88. The van der Waals surface area contributed by atoms with E-state index < -0.39 is 0 Å². The van der Waals surface area contributed by atoms with Crippen LogP contribution in [0.15, 0.2) is 18.2 Å². The van der Waals surface area contributed by atoms with E-state index in [1.54, 1.807) is 32.4 Å². The van der Waals surface area contributed by atoms with Gasteiger partial charge in [0.15, 0.2) is 0 Å². The van der Waals surface area contributed by atoms with Crippen molar-refractivity contribution in [1.29, 1.82) is 0 Å². The molecule has 2 rings (SSSR count). The van der Waals surface area contributed by atoms with Gasteiger partial charge in [0, 0.05) is 19.2 Å². The van der Waals surface area contributed by atoms with E-state index in [9.17, 15) is 4.79 Å². The lowest BCUT2D eigenvalue weighted by Crippen LogP contribution is -2.33. The Morgan fingerprint density at radius 2 is 2.18 bits per heavy atom. The number of halogens is 1. The van der Waals surface area contributed by atoms with Crippen LogP contribution in [0.1, 0.15) is 12.8 Å². The van der Waals surface area contributed by atoms with Gasteiger partial charge >= 0.3 is 0 Å². The van der Waals surface area contributed by atoms with Crippen LogP contribution in [0, 0.1) is 0 Å². The summed E-state index contributed by atoms with van der Waals surface area (Å²) in [5, 5.41) is 5.92. The molecule has 1 unspecified atom stereocenters. The molecule has 0 spiro atoms. The van der Waals surface area contributed by atoms with Crippen LogP contribution >= 0.6 is 12.4 Å². The first-order valence-electron chi connectivity index (χ1n) is 7.07. The van der Waals surface area contributed by atoms with Crippen molar-refractivity contribution in [2.75, 3.05) is 39.2 Å². The van der Waals surface area contributed by atoms with E-state index >= 15 is 0 Å². The third kappa shape index (κ3) is 5.36. The first kappa shape index (κ1) is 18.5. The van der Waals surface area contributed by atoms with Gasteiger partial charge in [-0.1, -0.05) is 0 Å². The number of methoxy groups -OCH3 is 2. The van der Waals surface area contributed by atoms with Gasteiger partial charge < -0.3 is 24.8 Å². The van der Waals surface area contributed by atoms with Crippen LogP contribution in [0.4, 0.5) is 5.69 Å². The Kier molecular flexibility index (Phi) is 8.01. The Balaban J connectivity index is 0.00000242. The summed E-state index contributed by atoms with van der Waals surface area (Å²) in [6, 6.07) is 5.27. The summed E-state index contributed by atoms with van der Waals surface area (Å²) in [7, 11) is 3.14. The molecule has 0 aliphatic carbocycles. The van der Waals surface area contributed by atoms with E-state index in [0.717, 1.165) is 19.4 Å². The van der Waals surface area contributed by atoms with E-state index in [2.05, 4.69) is 10.6 Å². The third-order valence-electron chi connectivity index (χ3n) is 3.36. The molecular weight excluding hydrogens is 308 g/mol. The minimum Gasteiger partial charge on any atom is -0.497 e. The topological polar surface area (TPSA) is 68.8 Å². The lowest BCUT2D eigenvalue weighted by atomic mass is 10.2. The van der Waals surface area contributed by atoms with Gasteiger partial charge in [-0.3, -0.25) is 4.79 Å². The largest absolute Gasteiger partial charge is 0.497 e. The standard InChI is InChI=1S/C15H22N2O4.ClH/c1-19-11-5-6-13(14(8-11)20-2)17-15(18)10-16-9-12-4-3-7-21-12;/h5-6,8,12,16H,3-4,7,9-10H2,1-2H3,(H,17,18);1H. The predicted molar refractivity (Wildman–Crippen MR) is 87.3 cm³/mol. The Hall–Kier alpha value is -1.50. The zero-order valence-corrected chi connectivity index (χ0v) is 13.7. The van der Waals surface area contributed by atoms with Crippen molar-refractivity contribution in [1.82, 2.24) is 5.32 Å². The molecule has 1 aromatic carbocycles. The predicted octanol–water partition coefficient (Wildman–Crippen LogP) is 1.83. The lowest BCUT2D eigenvalue weighted by Gasteiger charge is -2.13. The molecule has 0 bridgehead atoms. The number of hydrogen-bond acceptors (Lipinski definition) is 5. The number of benzene rings is 1. The zero-order valence-electron chi connectivity index (χ0n) is 12.9. The second kappa shape index (κ2) is 9.50. The van der Waals surface area contributed by atoms with Gasteiger partial charge in [-0.2, -0.15) is 0 Å². The third-order valence-corrected chi connectivity index (χ3v) is 3.36. The van der Waals surface area contributed by atoms with Crippen molar-refractivity contribution in [3.05, 3.63) is 18.2 Å². The number of anilines is 1. The maximum Gasteiger partial charge on any atom is 0.238 e. The highest BCUT2D eigenvalue weighted by Gasteiger charge is 2.15. The molecular formula is C15H23ClN2O4. The molecule has 1 aromatic rings. The highest BCUT2D eigenvalue weighted by molar-refractivity contribution is 5.93. The molecule has 1 atom stereocenters. The number of carbonyl (C=O) groups is 1. The van der Waals surface area contributed by atoms with Crippen molar-refractivity contribution >= 4 is 24.0 Å². The maximum absolute atomic E-state index is 11.9. The van der Waals surface area contributed by atoms with E-state index in [1.165, 1.54) is 0 Å². The van der Waals surface area contributed by atoms with Crippen LogP contribution in [0.25, 0.3) is 0 Å². The Bertz CT molecular complexity index is 479. The fourth-order valence-electron chi connectivity index (χ4n) is 2.25. The average molecular weight is 331 g/mol. The Morgan fingerprint density at radius 3 is 2.82 bits per heavy atom. The molecule has 0 saturated carbocycles. The molecule has 1 fully saturated rings. The summed E-state index contributed by atoms with van der Waals surface area (Å²) in [5.41, 5.74) is 0.627. The maximum atomic E-state index is 11.9. The van der Waals surface area contributed by atoms with Gasteiger partial charge in [-0.25, -0.2) is 0 Å². The highest BCUT2D eigenvalue weighted by atomic mass is 35.5. The molecule has 124 valence electrons. The molecule has 7 heteroatoms. The minimum absolute atomic E-state index is 0. The van der Waals surface area contributed by atoms with Crippen molar-refractivity contribution in [2.24, 2.45) is 0 Å². The van der Waals surface area contributed by atoms with Crippen molar-refractivity contribution in [2.45, 2.75) is 18.9 Å². The monoisotopic (exact) mass is 330 g/mol. The molecule has 0 aromatic heterocycles. The summed E-state index contributed by atoms with van der Waals surface area (Å²) in [5.74, 6) is 1.14. The van der Waals surface area contributed by atoms with Crippen LogP contribution in [0.2, 0.25) is 0 Å². The van der Waals surface area contributed by atoms with Crippen molar-refractivity contribution in [3.63, 3.8) is 0 Å². The van der Waals surface area contributed by atoms with Crippen molar-refractivity contribution in [3.8, 4) is 11.5 Å². The molecule has 1 amide bonds. The summed E-state index contributed by atoms with van der Waals surface area (Å²) in [6.07, 6.45) is 2.39. The fourth-order valence-corrected chi connectivity index (χ4v) is 2.25. The van der Waals surface area contributed by atoms with Gasteiger partial charge in [0.1, 0.15) is 11.5 Å². The first-order valence-corrected chi connectivity index (χ1v) is 7.07. The van der Waals surface area contributed by atoms with E-state index in [4.69, 9.17) is 14.2 Å². The van der Waals surface area contributed by atoms with Crippen LogP contribution < -0.4 is 20.1 Å². The number of hydrogen-bond donors (Lipinski definition) is 2. The Labute approximate surface area is 136 Å². The summed E-state index contributed by atoms with van der Waals surface area (Å²) >= 11 is 0. The minimum atomic E-state index is -0.114. The molecule has 1 aliphatic rings. The molecule has 1 aliphatic heterocycles. The lowest BCUT2D eigenvalue weighted by molar-refractivity contribution is -0.115.